The van der Waals surface area contributed by atoms with Crippen LogP contribution in [0.5, 0.6) is 0 Å². The number of hydrogen-bond donors (Lipinski definition) is 1. The summed E-state index contributed by atoms with van der Waals surface area (Å²) in [5, 5.41) is 20.2. The van der Waals surface area contributed by atoms with Crippen molar-refractivity contribution in [3.05, 3.63) is 89.6 Å². The Labute approximate surface area is 186 Å². The van der Waals surface area contributed by atoms with Gasteiger partial charge in [0.25, 0.3) is 5.91 Å². The fourth-order valence-corrected chi connectivity index (χ4v) is 3.26. The molecule has 0 saturated heterocycles. The summed E-state index contributed by atoms with van der Waals surface area (Å²) >= 11 is 3.50. The lowest BCUT2D eigenvalue weighted by molar-refractivity contribution is 0.102. The van der Waals surface area contributed by atoms with Crippen molar-refractivity contribution in [2.45, 2.75) is 0 Å². The number of aromatic nitrogens is 5. The molecule has 0 aliphatic carbocycles. The van der Waals surface area contributed by atoms with Crippen LogP contribution in [0.2, 0.25) is 0 Å². The average Bonchev–Trinajstić information content (AvgIpc) is 3.29. The van der Waals surface area contributed by atoms with E-state index in [1.807, 2.05) is 6.07 Å². The molecule has 8 nitrogen and oxygen atoms in total. The summed E-state index contributed by atoms with van der Waals surface area (Å²) in [6.07, 6.45) is 6.47. The van der Waals surface area contributed by atoms with Gasteiger partial charge in [-0.2, -0.15) is 5.26 Å². The molecule has 31 heavy (non-hydrogen) atoms. The molecule has 9 heteroatoms. The zero-order valence-corrected chi connectivity index (χ0v) is 17.6. The summed E-state index contributed by atoms with van der Waals surface area (Å²) < 4.78 is 2.32. The summed E-state index contributed by atoms with van der Waals surface area (Å²) in [6.45, 7) is 3.70. The molecule has 0 aliphatic rings. The molecule has 2 aromatic heterocycles. The molecule has 0 fully saturated rings. The van der Waals surface area contributed by atoms with Gasteiger partial charge in [0.2, 0.25) is 0 Å². The standard InChI is InChI=1S/C22H14BrN7O/c1-14(9-24)15-3-2-4-18(7-15)27-22(31)16-5-6-19(23)21(8-16)30-12-20(28-29-30)17-10-25-13-26-11-17/h2-8,10-13H,1H2,(H,27,31). The molecular weight excluding hydrogens is 458 g/mol. The second-order valence-corrected chi connectivity index (χ2v) is 7.32. The Bertz CT molecular complexity index is 1330. The van der Waals surface area contributed by atoms with Crippen molar-refractivity contribution in [2.75, 3.05) is 5.32 Å². The maximum atomic E-state index is 12.8. The number of nitrogens with one attached hydrogen (secondary N) is 1. The van der Waals surface area contributed by atoms with Gasteiger partial charge in [-0.15, -0.1) is 5.10 Å². The Kier molecular flexibility index (Phi) is 5.64. The van der Waals surface area contributed by atoms with Crippen LogP contribution in [0.4, 0.5) is 5.69 Å². The van der Waals surface area contributed by atoms with E-state index in [4.69, 9.17) is 5.26 Å². The maximum Gasteiger partial charge on any atom is 0.255 e. The summed E-state index contributed by atoms with van der Waals surface area (Å²) in [5.41, 5.74) is 3.97. The minimum Gasteiger partial charge on any atom is -0.322 e. The molecule has 0 unspecified atom stereocenters. The molecule has 1 N–H and O–H groups in total. The van der Waals surface area contributed by atoms with Gasteiger partial charge >= 0.3 is 0 Å². The Balaban J connectivity index is 1.60. The van der Waals surface area contributed by atoms with Crippen molar-refractivity contribution < 1.29 is 4.79 Å². The predicted octanol–water partition coefficient (Wildman–Crippen LogP) is 4.28. The summed E-state index contributed by atoms with van der Waals surface area (Å²) in [7, 11) is 0. The third kappa shape index (κ3) is 4.39. The summed E-state index contributed by atoms with van der Waals surface area (Å²) in [4.78, 5) is 20.8. The third-order valence-corrected chi connectivity index (χ3v) is 5.08. The first kappa shape index (κ1) is 20.1. The largest absolute Gasteiger partial charge is 0.322 e. The number of halogens is 1. The molecule has 4 aromatic rings. The molecule has 150 valence electrons. The highest BCUT2D eigenvalue weighted by Gasteiger charge is 2.13. The van der Waals surface area contributed by atoms with Crippen LogP contribution in [-0.2, 0) is 0 Å². The van der Waals surface area contributed by atoms with Gasteiger partial charge in [-0.3, -0.25) is 4.79 Å². The van der Waals surface area contributed by atoms with E-state index in [9.17, 15) is 4.79 Å². The molecule has 0 radical (unpaired) electrons. The molecular formula is C22H14BrN7O. The molecule has 4 rings (SSSR count). The number of carbonyl (C=O) groups excluding carboxylic acids is 1. The second kappa shape index (κ2) is 8.69. The molecule has 2 aromatic carbocycles. The monoisotopic (exact) mass is 471 g/mol. The van der Waals surface area contributed by atoms with Crippen molar-refractivity contribution in [3.63, 3.8) is 0 Å². The fraction of sp³-hybridized carbons (Fsp3) is 0. The molecule has 1 amide bonds. The number of allylic oxidation sites excluding steroid dienone is 1. The number of benzene rings is 2. The van der Waals surface area contributed by atoms with Crippen LogP contribution in [0.3, 0.4) is 0 Å². The van der Waals surface area contributed by atoms with E-state index in [1.54, 1.807) is 65.7 Å². The quantitative estimate of drug-likeness (QED) is 0.435. The predicted molar refractivity (Wildman–Crippen MR) is 119 cm³/mol. The minimum absolute atomic E-state index is 0.301. The van der Waals surface area contributed by atoms with E-state index < -0.39 is 0 Å². The van der Waals surface area contributed by atoms with Crippen LogP contribution < -0.4 is 5.32 Å². The smallest absolute Gasteiger partial charge is 0.255 e. The lowest BCUT2D eigenvalue weighted by atomic mass is 10.1. The first-order chi connectivity index (χ1) is 15.0. The van der Waals surface area contributed by atoms with Crippen molar-refractivity contribution in [1.82, 2.24) is 25.0 Å². The number of nitrogens with zero attached hydrogens (tertiary/aromatic N) is 6. The van der Waals surface area contributed by atoms with Gasteiger partial charge in [0, 0.05) is 33.7 Å². The maximum absolute atomic E-state index is 12.8. The van der Waals surface area contributed by atoms with Gasteiger partial charge in [0.15, 0.2) is 0 Å². The van der Waals surface area contributed by atoms with Gasteiger partial charge in [0.1, 0.15) is 12.0 Å². The Morgan fingerprint density at radius 2 is 1.94 bits per heavy atom. The van der Waals surface area contributed by atoms with Crippen molar-refractivity contribution in [1.29, 1.82) is 5.26 Å². The van der Waals surface area contributed by atoms with E-state index >= 15 is 0 Å². The lowest BCUT2D eigenvalue weighted by Crippen LogP contribution is -2.12. The van der Waals surface area contributed by atoms with Gasteiger partial charge in [-0.1, -0.05) is 23.9 Å². The van der Waals surface area contributed by atoms with Crippen LogP contribution in [0.25, 0.3) is 22.5 Å². The van der Waals surface area contributed by atoms with Gasteiger partial charge in [-0.25, -0.2) is 14.6 Å². The topological polar surface area (TPSA) is 109 Å². The first-order valence-corrected chi connectivity index (χ1v) is 9.83. The van der Waals surface area contributed by atoms with E-state index in [2.05, 4.69) is 48.1 Å². The minimum atomic E-state index is -0.301. The second-order valence-electron chi connectivity index (χ2n) is 6.47. The van der Waals surface area contributed by atoms with E-state index in [-0.39, 0.29) is 5.91 Å². The van der Waals surface area contributed by atoms with Crippen molar-refractivity contribution >= 4 is 33.1 Å². The van der Waals surface area contributed by atoms with Gasteiger partial charge in [-0.05, 0) is 51.8 Å². The van der Waals surface area contributed by atoms with Crippen molar-refractivity contribution in [2.24, 2.45) is 0 Å². The van der Waals surface area contributed by atoms with Crippen molar-refractivity contribution in [3.8, 4) is 23.0 Å². The average molecular weight is 472 g/mol. The van der Waals surface area contributed by atoms with E-state index in [1.165, 1.54) is 6.33 Å². The van der Waals surface area contributed by atoms with Crippen LogP contribution in [0.1, 0.15) is 15.9 Å². The highest BCUT2D eigenvalue weighted by Crippen LogP contribution is 2.25. The number of amides is 1. The molecule has 0 spiro atoms. The Morgan fingerprint density at radius 3 is 2.71 bits per heavy atom. The number of rotatable bonds is 5. The van der Waals surface area contributed by atoms with Crippen LogP contribution in [-0.4, -0.2) is 30.9 Å². The molecule has 2 heterocycles. The molecule has 0 bridgehead atoms. The number of nitriles is 1. The summed E-state index contributed by atoms with van der Waals surface area (Å²) in [6, 6.07) is 14.1. The molecule has 0 saturated carbocycles. The Hall–Kier alpha value is -4.16. The van der Waals surface area contributed by atoms with E-state index in [0.717, 1.165) is 10.0 Å². The molecule has 0 atom stereocenters. The van der Waals surface area contributed by atoms with Crippen LogP contribution in [0, 0.1) is 11.3 Å². The highest BCUT2D eigenvalue weighted by molar-refractivity contribution is 9.10. The normalized spacial score (nSPS) is 10.3. The Morgan fingerprint density at radius 1 is 1.13 bits per heavy atom. The number of hydrogen-bond acceptors (Lipinski definition) is 6. The van der Waals surface area contributed by atoms with Crippen LogP contribution >= 0.6 is 15.9 Å². The summed E-state index contributed by atoms with van der Waals surface area (Å²) in [5.74, 6) is -0.301. The first-order valence-electron chi connectivity index (χ1n) is 9.03. The number of carbonyl (C=O) groups is 1. The third-order valence-electron chi connectivity index (χ3n) is 4.41. The lowest BCUT2D eigenvalue weighted by Gasteiger charge is -2.09. The zero-order chi connectivity index (χ0) is 21.8. The van der Waals surface area contributed by atoms with Gasteiger partial charge < -0.3 is 5.32 Å². The highest BCUT2D eigenvalue weighted by atomic mass is 79.9. The molecule has 0 aliphatic heterocycles. The SMILES string of the molecule is C=C(C#N)c1cccc(NC(=O)c2ccc(Br)c(-n3cc(-c4cncnc4)nn3)c2)c1. The van der Waals surface area contributed by atoms with Crippen LogP contribution in [0.15, 0.2) is 78.4 Å². The zero-order valence-electron chi connectivity index (χ0n) is 16.0. The van der Waals surface area contributed by atoms with E-state index in [0.29, 0.717) is 33.8 Å². The van der Waals surface area contributed by atoms with Gasteiger partial charge in [0.05, 0.1) is 23.5 Å². The fourth-order valence-electron chi connectivity index (χ4n) is 2.83. The number of anilines is 1.